The first-order valence-corrected chi connectivity index (χ1v) is 6.10. The Labute approximate surface area is 116 Å². The van der Waals surface area contributed by atoms with E-state index in [4.69, 9.17) is 22.1 Å². The van der Waals surface area contributed by atoms with Crippen LogP contribution in [0.1, 0.15) is 6.92 Å². The molecule has 0 aliphatic heterocycles. The molecule has 0 spiro atoms. The zero-order valence-corrected chi connectivity index (χ0v) is 11.1. The van der Waals surface area contributed by atoms with Crippen LogP contribution in [0, 0.1) is 0 Å². The molecule has 0 amide bonds. The Bertz CT molecular complexity index is 551. The smallest absolute Gasteiger partial charge is 0.227 e. The highest BCUT2D eigenvalue weighted by Gasteiger charge is 2.06. The van der Waals surface area contributed by atoms with Gasteiger partial charge < -0.3 is 15.8 Å². The molecule has 1 atom stereocenters. The third-order valence-corrected chi connectivity index (χ3v) is 2.50. The van der Waals surface area contributed by atoms with Crippen molar-refractivity contribution < 1.29 is 4.74 Å². The molecule has 1 aromatic carbocycles. The van der Waals surface area contributed by atoms with E-state index < -0.39 is 0 Å². The number of nitrogens with one attached hydrogen (secondary N) is 1. The van der Waals surface area contributed by atoms with E-state index in [0.717, 1.165) is 5.75 Å². The van der Waals surface area contributed by atoms with E-state index >= 15 is 0 Å². The Hall–Kier alpha value is -2.08. The van der Waals surface area contributed by atoms with Crippen LogP contribution in [-0.2, 0) is 0 Å². The van der Waals surface area contributed by atoms with Crippen LogP contribution in [0.4, 0.5) is 11.9 Å². The van der Waals surface area contributed by atoms with Crippen molar-refractivity contribution in [1.82, 2.24) is 15.0 Å². The summed E-state index contributed by atoms with van der Waals surface area (Å²) < 4.78 is 5.60. The first-order chi connectivity index (χ1) is 9.13. The summed E-state index contributed by atoms with van der Waals surface area (Å²) in [5.41, 5.74) is 5.47. The van der Waals surface area contributed by atoms with E-state index in [9.17, 15) is 0 Å². The molecule has 2 aromatic rings. The second-order valence-electron chi connectivity index (χ2n) is 3.98. The van der Waals surface area contributed by atoms with Gasteiger partial charge in [0, 0.05) is 5.02 Å². The van der Waals surface area contributed by atoms with Gasteiger partial charge >= 0.3 is 0 Å². The van der Waals surface area contributed by atoms with E-state index in [1.807, 2.05) is 19.1 Å². The monoisotopic (exact) mass is 279 g/mol. The van der Waals surface area contributed by atoms with E-state index in [-0.39, 0.29) is 12.0 Å². The number of hydrogen-bond donors (Lipinski definition) is 2. The van der Waals surface area contributed by atoms with Crippen LogP contribution in [0.5, 0.6) is 5.75 Å². The maximum Gasteiger partial charge on any atom is 0.227 e. The number of nitrogens with zero attached hydrogens (tertiary/aromatic N) is 3. The number of ether oxygens (including phenoxy) is 1. The van der Waals surface area contributed by atoms with Crippen LogP contribution in [-0.4, -0.2) is 27.6 Å². The average molecular weight is 280 g/mol. The quantitative estimate of drug-likeness (QED) is 0.870. The van der Waals surface area contributed by atoms with Gasteiger partial charge in [-0.3, -0.25) is 0 Å². The number of benzene rings is 1. The summed E-state index contributed by atoms with van der Waals surface area (Å²) >= 11 is 5.87. The standard InChI is InChI=1S/C12H14ClN5O/c1-8(17-12-16-7-15-11(14)18-12)6-19-10-4-2-3-9(13)5-10/h2-5,7-8H,6H2,1H3,(H3,14,15,16,17,18). The normalized spacial score (nSPS) is 11.9. The average Bonchev–Trinajstić information content (AvgIpc) is 2.36. The molecule has 3 N–H and O–H groups in total. The molecule has 1 heterocycles. The summed E-state index contributed by atoms with van der Waals surface area (Å²) in [6.45, 7) is 2.40. The number of nitrogens with two attached hydrogens (primary N) is 1. The molecule has 0 saturated carbocycles. The summed E-state index contributed by atoms with van der Waals surface area (Å²) in [5, 5.41) is 3.71. The zero-order valence-electron chi connectivity index (χ0n) is 10.4. The summed E-state index contributed by atoms with van der Waals surface area (Å²) in [5.74, 6) is 1.33. The molecule has 0 radical (unpaired) electrons. The molecule has 0 aliphatic rings. The first-order valence-electron chi connectivity index (χ1n) is 5.73. The minimum atomic E-state index is 0.0146. The second kappa shape index (κ2) is 6.19. The minimum Gasteiger partial charge on any atom is -0.491 e. The van der Waals surface area contributed by atoms with Crippen LogP contribution in [0.15, 0.2) is 30.6 Å². The molecule has 1 aromatic heterocycles. The fourth-order valence-corrected chi connectivity index (χ4v) is 1.60. The lowest BCUT2D eigenvalue weighted by Crippen LogP contribution is -2.24. The van der Waals surface area contributed by atoms with Crippen molar-refractivity contribution in [3.05, 3.63) is 35.6 Å². The van der Waals surface area contributed by atoms with Gasteiger partial charge in [-0.1, -0.05) is 17.7 Å². The Morgan fingerprint density at radius 1 is 1.42 bits per heavy atom. The van der Waals surface area contributed by atoms with Crippen molar-refractivity contribution in [2.75, 3.05) is 17.7 Å². The lowest BCUT2D eigenvalue weighted by atomic mass is 10.3. The number of nitrogen functional groups attached to an aromatic ring is 1. The van der Waals surface area contributed by atoms with E-state index in [0.29, 0.717) is 17.6 Å². The predicted octanol–water partition coefficient (Wildman–Crippen LogP) is 1.99. The molecule has 7 heteroatoms. The molecule has 0 fully saturated rings. The van der Waals surface area contributed by atoms with Crippen molar-refractivity contribution in [2.24, 2.45) is 0 Å². The van der Waals surface area contributed by atoms with Gasteiger partial charge in [-0.2, -0.15) is 4.98 Å². The van der Waals surface area contributed by atoms with Crippen molar-refractivity contribution in [2.45, 2.75) is 13.0 Å². The Balaban J connectivity index is 1.86. The summed E-state index contributed by atoms with van der Waals surface area (Å²) in [6, 6.07) is 7.25. The largest absolute Gasteiger partial charge is 0.491 e. The van der Waals surface area contributed by atoms with Gasteiger partial charge in [0.05, 0.1) is 6.04 Å². The third kappa shape index (κ3) is 4.26. The van der Waals surface area contributed by atoms with E-state index in [1.54, 1.807) is 12.1 Å². The van der Waals surface area contributed by atoms with Crippen LogP contribution in [0.2, 0.25) is 5.02 Å². The van der Waals surface area contributed by atoms with Crippen LogP contribution in [0.3, 0.4) is 0 Å². The SMILES string of the molecule is CC(COc1cccc(Cl)c1)Nc1ncnc(N)n1. The fourth-order valence-electron chi connectivity index (χ4n) is 1.42. The van der Waals surface area contributed by atoms with Crippen molar-refractivity contribution in [1.29, 1.82) is 0 Å². The highest BCUT2D eigenvalue weighted by atomic mass is 35.5. The molecule has 19 heavy (non-hydrogen) atoms. The van der Waals surface area contributed by atoms with Crippen LogP contribution >= 0.6 is 11.6 Å². The van der Waals surface area contributed by atoms with Crippen LogP contribution < -0.4 is 15.8 Å². The van der Waals surface area contributed by atoms with Crippen LogP contribution in [0.25, 0.3) is 0 Å². The van der Waals surface area contributed by atoms with E-state index in [2.05, 4.69) is 20.3 Å². The Kier molecular flexibility index (Phi) is 4.35. The number of halogens is 1. The van der Waals surface area contributed by atoms with Gasteiger partial charge in [-0.05, 0) is 25.1 Å². The number of aromatic nitrogens is 3. The number of hydrogen-bond acceptors (Lipinski definition) is 6. The predicted molar refractivity (Wildman–Crippen MR) is 74.3 cm³/mol. The van der Waals surface area contributed by atoms with E-state index in [1.165, 1.54) is 6.33 Å². The van der Waals surface area contributed by atoms with Gasteiger partial charge in [-0.25, -0.2) is 9.97 Å². The Morgan fingerprint density at radius 3 is 3.00 bits per heavy atom. The van der Waals surface area contributed by atoms with Gasteiger partial charge in [0.15, 0.2) is 0 Å². The third-order valence-electron chi connectivity index (χ3n) is 2.26. The van der Waals surface area contributed by atoms with Gasteiger partial charge in [0.25, 0.3) is 0 Å². The molecule has 100 valence electrons. The zero-order chi connectivity index (χ0) is 13.7. The number of rotatable bonds is 5. The van der Waals surface area contributed by atoms with Crippen molar-refractivity contribution in [3.63, 3.8) is 0 Å². The summed E-state index contributed by atoms with van der Waals surface area (Å²) in [7, 11) is 0. The Morgan fingerprint density at radius 2 is 2.26 bits per heavy atom. The highest BCUT2D eigenvalue weighted by Crippen LogP contribution is 2.17. The molecule has 0 bridgehead atoms. The second-order valence-corrected chi connectivity index (χ2v) is 4.42. The highest BCUT2D eigenvalue weighted by molar-refractivity contribution is 6.30. The molecule has 2 rings (SSSR count). The lowest BCUT2D eigenvalue weighted by molar-refractivity contribution is 0.303. The fraction of sp³-hybridized carbons (Fsp3) is 0.250. The maximum atomic E-state index is 5.87. The minimum absolute atomic E-state index is 0.0146. The molecule has 1 unspecified atom stereocenters. The van der Waals surface area contributed by atoms with Crippen molar-refractivity contribution >= 4 is 23.5 Å². The molecular formula is C12H14ClN5O. The molecular weight excluding hydrogens is 266 g/mol. The molecule has 0 saturated heterocycles. The summed E-state index contributed by atoms with van der Waals surface area (Å²) in [4.78, 5) is 11.6. The topological polar surface area (TPSA) is 86.0 Å². The van der Waals surface area contributed by atoms with Crippen molar-refractivity contribution in [3.8, 4) is 5.75 Å². The maximum absolute atomic E-state index is 5.87. The molecule has 0 aliphatic carbocycles. The molecule has 6 nitrogen and oxygen atoms in total. The van der Waals surface area contributed by atoms with Gasteiger partial charge in [0.2, 0.25) is 11.9 Å². The van der Waals surface area contributed by atoms with Gasteiger partial charge in [-0.15, -0.1) is 0 Å². The summed E-state index contributed by atoms with van der Waals surface area (Å²) in [6.07, 6.45) is 1.36. The first kappa shape index (κ1) is 13.4. The lowest BCUT2D eigenvalue weighted by Gasteiger charge is -2.14. The number of anilines is 2. The van der Waals surface area contributed by atoms with Gasteiger partial charge in [0.1, 0.15) is 18.7 Å².